The van der Waals surface area contributed by atoms with Crippen molar-refractivity contribution in [3.05, 3.63) is 0 Å². The first-order valence-electron chi connectivity index (χ1n) is 4.27. The number of aliphatic hydroxyl groups excluding tert-OH is 2. The summed E-state index contributed by atoms with van der Waals surface area (Å²) in [7, 11) is 0. The molecule has 1 aliphatic carbocycles. The number of hydrogen-bond donors (Lipinski definition) is 3. The zero-order valence-electron chi connectivity index (χ0n) is 6.94. The molecule has 4 N–H and O–H groups in total. The van der Waals surface area contributed by atoms with Crippen molar-refractivity contribution in [2.24, 2.45) is 5.73 Å². The lowest BCUT2D eigenvalue weighted by Gasteiger charge is -2.25. The van der Waals surface area contributed by atoms with Crippen molar-refractivity contribution in [1.29, 1.82) is 0 Å². The number of carbonyl (C=O) groups excluding carboxylic acids is 1. The van der Waals surface area contributed by atoms with Gasteiger partial charge in [-0.15, -0.1) is 0 Å². The molecule has 0 bridgehead atoms. The van der Waals surface area contributed by atoms with Crippen LogP contribution in [0.15, 0.2) is 0 Å². The topological polar surface area (TPSA) is 83.6 Å². The molecule has 12 heavy (non-hydrogen) atoms. The predicted molar refractivity (Wildman–Crippen MR) is 43.5 cm³/mol. The van der Waals surface area contributed by atoms with Gasteiger partial charge in [0.15, 0.2) is 5.78 Å². The Morgan fingerprint density at radius 1 is 1.33 bits per heavy atom. The molecular weight excluding hydrogens is 158 g/mol. The monoisotopic (exact) mass is 173 g/mol. The average Bonchev–Trinajstić information content (AvgIpc) is 2.07. The van der Waals surface area contributed by atoms with E-state index < -0.39 is 18.2 Å². The quantitative estimate of drug-likeness (QED) is 0.447. The molecule has 0 aromatic rings. The van der Waals surface area contributed by atoms with E-state index in [2.05, 4.69) is 0 Å². The summed E-state index contributed by atoms with van der Waals surface area (Å²) in [5, 5.41) is 18.6. The molecule has 0 saturated heterocycles. The highest BCUT2D eigenvalue weighted by Gasteiger charge is 2.30. The highest BCUT2D eigenvalue weighted by atomic mass is 16.3. The maximum Gasteiger partial charge on any atom is 0.164 e. The van der Waals surface area contributed by atoms with E-state index in [4.69, 9.17) is 5.73 Å². The number of Topliss-reactive ketones (excluding diaryl/α,β-unsaturated/α-hetero) is 1. The SMILES string of the molecule is N[C@@H]1CCCCC(=O)[C@H](O)[C@@H]1O. The number of rotatable bonds is 0. The summed E-state index contributed by atoms with van der Waals surface area (Å²) in [6.07, 6.45) is 0.266. The molecule has 0 amide bonds. The fourth-order valence-corrected chi connectivity index (χ4v) is 1.42. The van der Waals surface area contributed by atoms with Gasteiger partial charge >= 0.3 is 0 Å². The first kappa shape index (κ1) is 9.64. The molecule has 1 saturated carbocycles. The fourth-order valence-electron chi connectivity index (χ4n) is 1.42. The maximum absolute atomic E-state index is 11.1. The summed E-state index contributed by atoms with van der Waals surface area (Å²) < 4.78 is 0. The van der Waals surface area contributed by atoms with Crippen LogP contribution in [0.4, 0.5) is 0 Å². The molecule has 4 nitrogen and oxygen atoms in total. The lowest BCUT2D eigenvalue weighted by atomic mass is 9.92. The second-order valence-corrected chi connectivity index (χ2v) is 3.31. The Balaban J connectivity index is 2.61. The second kappa shape index (κ2) is 3.98. The Kier molecular flexibility index (Phi) is 3.20. The molecule has 0 aromatic carbocycles. The smallest absolute Gasteiger partial charge is 0.164 e. The molecule has 1 fully saturated rings. The summed E-state index contributed by atoms with van der Waals surface area (Å²) in [5.74, 6) is -0.294. The largest absolute Gasteiger partial charge is 0.388 e. The number of ketones is 1. The van der Waals surface area contributed by atoms with Crippen LogP contribution in [-0.2, 0) is 4.79 Å². The summed E-state index contributed by atoms with van der Waals surface area (Å²) >= 11 is 0. The molecule has 3 atom stereocenters. The van der Waals surface area contributed by atoms with Crippen LogP contribution in [0.25, 0.3) is 0 Å². The normalized spacial score (nSPS) is 38.9. The van der Waals surface area contributed by atoms with Crippen molar-refractivity contribution in [3.63, 3.8) is 0 Å². The minimum Gasteiger partial charge on any atom is -0.388 e. The third-order valence-corrected chi connectivity index (χ3v) is 2.30. The summed E-state index contributed by atoms with van der Waals surface area (Å²) in [6.45, 7) is 0. The van der Waals surface area contributed by atoms with Gasteiger partial charge in [-0.05, 0) is 12.8 Å². The molecule has 0 spiro atoms. The molecular formula is C8H15NO3. The lowest BCUT2D eigenvalue weighted by Crippen LogP contribution is -2.47. The first-order valence-corrected chi connectivity index (χ1v) is 4.27. The van der Waals surface area contributed by atoms with Gasteiger partial charge in [0.05, 0.1) is 0 Å². The Hall–Kier alpha value is -0.450. The number of nitrogens with two attached hydrogens (primary N) is 1. The van der Waals surface area contributed by atoms with E-state index in [1.165, 1.54) is 0 Å². The highest BCUT2D eigenvalue weighted by molar-refractivity contribution is 5.83. The van der Waals surface area contributed by atoms with Crippen LogP contribution in [-0.4, -0.2) is 34.2 Å². The molecule has 4 heteroatoms. The summed E-state index contributed by atoms with van der Waals surface area (Å²) in [5.41, 5.74) is 5.54. The number of carbonyl (C=O) groups is 1. The van der Waals surface area contributed by atoms with Gasteiger partial charge in [-0.3, -0.25) is 4.79 Å². The van der Waals surface area contributed by atoms with Crippen LogP contribution < -0.4 is 5.73 Å². The average molecular weight is 173 g/mol. The van der Waals surface area contributed by atoms with Gasteiger partial charge in [0.2, 0.25) is 0 Å². The minimum absolute atomic E-state index is 0.294. The predicted octanol–water partition coefficient (Wildman–Crippen LogP) is -0.821. The van der Waals surface area contributed by atoms with Gasteiger partial charge in [0, 0.05) is 12.5 Å². The van der Waals surface area contributed by atoms with E-state index >= 15 is 0 Å². The van der Waals surface area contributed by atoms with Crippen LogP contribution in [0.5, 0.6) is 0 Å². The molecule has 1 rings (SSSR count). The fraction of sp³-hybridized carbons (Fsp3) is 0.875. The second-order valence-electron chi connectivity index (χ2n) is 3.31. The van der Waals surface area contributed by atoms with Crippen LogP contribution >= 0.6 is 0 Å². The Bertz CT molecular complexity index is 172. The van der Waals surface area contributed by atoms with Crippen LogP contribution in [0.3, 0.4) is 0 Å². The van der Waals surface area contributed by atoms with Crippen LogP contribution in [0.1, 0.15) is 25.7 Å². The van der Waals surface area contributed by atoms with Crippen molar-refractivity contribution >= 4 is 5.78 Å². The molecule has 0 radical (unpaired) electrons. The number of aliphatic hydroxyl groups is 2. The first-order chi connectivity index (χ1) is 5.63. The summed E-state index contributed by atoms with van der Waals surface area (Å²) in [4.78, 5) is 11.1. The van der Waals surface area contributed by atoms with E-state index in [1.807, 2.05) is 0 Å². The van der Waals surface area contributed by atoms with Gasteiger partial charge in [-0.25, -0.2) is 0 Å². The minimum atomic E-state index is -1.28. The van der Waals surface area contributed by atoms with E-state index in [0.29, 0.717) is 12.8 Å². The lowest BCUT2D eigenvalue weighted by molar-refractivity contribution is -0.134. The van der Waals surface area contributed by atoms with Crippen molar-refractivity contribution in [2.45, 2.75) is 43.9 Å². The van der Waals surface area contributed by atoms with Crippen molar-refractivity contribution in [2.75, 3.05) is 0 Å². The Morgan fingerprint density at radius 3 is 2.67 bits per heavy atom. The molecule has 0 unspecified atom stereocenters. The third kappa shape index (κ3) is 2.03. The zero-order chi connectivity index (χ0) is 9.14. The summed E-state index contributed by atoms with van der Waals surface area (Å²) in [6, 6.07) is -0.468. The highest BCUT2D eigenvalue weighted by Crippen LogP contribution is 2.14. The standard InChI is InChI=1S/C8H15NO3/c9-5-3-1-2-4-6(10)8(12)7(5)11/h5,7-8,11-12H,1-4,9H2/t5-,7-,8+/m1/s1. The molecule has 1 aliphatic rings. The third-order valence-electron chi connectivity index (χ3n) is 2.30. The van der Waals surface area contributed by atoms with Gasteiger partial charge in [-0.1, -0.05) is 6.42 Å². The van der Waals surface area contributed by atoms with Gasteiger partial charge in [-0.2, -0.15) is 0 Å². The van der Waals surface area contributed by atoms with E-state index in [1.54, 1.807) is 0 Å². The van der Waals surface area contributed by atoms with Gasteiger partial charge in [0.1, 0.15) is 12.2 Å². The molecule has 0 aromatic heterocycles. The van der Waals surface area contributed by atoms with Gasteiger partial charge < -0.3 is 15.9 Å². The van der Waals surface area contributed by atoms with Crippen molar-refractivity contribution < 1.29 is 15.0 Å². The molecule has 0 heterocycles. The van der Waals surface area contributed by atoms with Crippen LogP contribution in [0.2, 0.25) is 0 Å². The van der Waals surface area contributed by atoms with E-state index in [0.717, 1.165) is 12.8 Å². The van der Waals surface area contributed by atoms with E-state index in [9.17, 15) is 15.0 Å². The van der Waals surface area contributed by atoms with Crippen molar-refractivity contribution in [3.8, 4) is 0 Å². The van der Waals surface area contributed by atoms with Crippen molar-refractivity contribution in [1.82, 2.24) is 0 Å². The molecule has 70 valence electrons. The van der Waals surface area contributed by atoms with Gasteiger partial charge in [0.25, 0.3) is 0 Å². The van der Waals surface area contributed by atoms with E-state index in [-0.39, 0.29) is 5.78 Å². The number of hydrogen-bond acceptors (Lipinski definition) is 4. The maximum atomic E-state index is 11.1. The Morgan fingerprint density at radius 2 is 2.00 bits per heavy atom. The molecule has 0 aliphatic heterocycles. The zero-order valence-corrected chi connectivity index (χ0v) is 6.94. The van der Waals surface area contributed by atoms with Crippen LogP contribution in [0, 0.1) is 0 Å². The Labute approximate surface area is 71.4 Å².